The van der Waals surface area contributed by atoms with E-state index >= 15 is 0 Å². The molecule has 5 rings (SSSR count). The number of nitrogens with two attached hydrogens (primary N) is 1. The zero-order valence-corrected chi connectivity index (χ0v) is 22.4. The van der Waals surface area contributed by atoms with Crippen LogP contribution in [-0.4, -0.2) is 39.6 Å². The second-order valence-corrected chi connectivity index (χ2v) is 10.2. The van der Waals surface area contributed by atoms with Crippen molar-refractivity contribution < 1.29 is 18.4 Å². The highest BCUT2D eigenvalue weighted by atomic mass is 35.5. The van der Waals surface area contributed by atoms with Crippen LogP contribution in [0.5, 0.6) is 0 Å². The minimum atomic E-state index is -1.49. The van der Waals surface area contributed by atoms with Crippen LogP contribution in [-0.2, 0) is 23.4 Å². The molecule has 1 aliphatic carbocycles. The molecule has 2 heterocycles. The van der Waals surface area contributed by atoms with E-state index in [0.29, 0.717) is 28.3 Å². The number of halogens is 3. The maximum atomic E-state index is 14.0. The van der Waals surface area contributed by atoms with Crippen molar-refractivity contribution in [2.45, 2.75) is 25.0 Å². The number of amides is 2. The number of carbonyl (C=O) groups excluding carboxylic acids is 2. The molecule has 2 unspecified atom stereocenters. The maximum Gasteiger partial charge on any atom is 0.262 e. The number of aromatic nitrogens is 1. The van der Waals surface area contributed by atoms with Crippen molar-refractivity contribution in [3.8, 4) is 0 Å². The first-order chi connectivity index (χ1) is 19.2. The van der Waals surface area contributed by atoms with Crippen molar-refractivity contribution in [1.29, 1.82) is 0 Å². The Bertz CT molecular complexity index is 1540. The number of benzene rings is 2. The topological polar surface area (TPSA) is 91.9 Å². The van der Waals surface area contributed by atoms with Crippen LogP contribution in [0.3, 0.4) is 0 Å². The van der Waals surface area contributed by atoms with Crippen LogP contribution in [0.2, 0.25) is 5.02 Å². The van der Waals surface area contributed by atoms with Gasteiger partial charge in [-0.3, -0.25) is 19.5 Å². The first-order valence-electron chi connectivity index (χ1n) is 12.6. The lowest BCUT2D eigenvalue weighted by molar-refractivity contribution is -0.133. The molecule has 0 fully saturated rings. The first kappa shape index (κ1) is 27.2. The fourth-order valence-corrected chi connectivity index (χ4v) is 5.16. The van der Waals surface area contributed by atoms with E-state index in [1.165, 1.54) is 47.5 Å². The summed E-state index contributed by atoms with van der Waals surface area (Å²) in [6, 6.07) is 14.4. The summed E-state index contributed by atoms with van der Waals surface area (Å²) in [6.45, 7) is 0.376. The average Bonchev–Trinajstić information content (AvgIpc) is 3.20. The van der Waals surface area contributed by atoms with Gasteiger partial charge in [-0.15, -0.1) is 0 Å². The van der Waals surface area contributed by atoms with Crippen molar-refractivity contribution in [1.82, 2.24) is 14.8 Å². The van der Waals surface area contributed by atoms with Crippen LogP contribution in [0, 0.1) is 11.7 Å². The molecule has 1 aliphatic heterocycles. The monoisotopic (exact) mass is 561 g/mol. The fraction of sp³-hybridized carbons (Fsp3) is 0.200. The van der Waals surface area contributed by atoms with Gasteiger partial charge >= 0.3 is 0 Å². The molecule has 10 heteroatoms. The first-order valence-corrected chi connectivity index (χ1v) is 13.0. The van der Waals surface area contributed by atoms with E-state index in [1.807, 2.05) is 12.1 Å². The number of guanidine groups is 1. The van der Waals surface area contributed by atoms with Gasteiger partial charge in [-0.1, -0.05) is 41.9 Å². The van der Waals surface area contributed by atoms with Crippen LogP contribution in [0.4, 0.5) is 8.78 Å². The van der Waals surface area contributed by atoms with Gasteiger partial charge in [0.1, 0.15) is 11.6 Å². The number of aliphatic imine (C=N–C) groups is 1. The largest absolute Gasteiger partial charge is 0.369 e. The lowest BCUT2D eigenvalue weighted by atomic mass is 9.75. The van der Waals surface area contributed by atoms with Crippen LogP contribution in [0.15, 0.2) is 96.0 Å². The number of hydrogen-bond acceptors (Lipinski definition) is 5. The molecule has 2 N–H and O–H groups in total. The van der Waals surface area contributed by atoms with Gasteiger partial charge in [0, 0.05) is 36.9 Å². The molecule has 204 valence electrons. The lowest BCUT2D eigenvalue weighted by Gasteiger charge is -2.33. The van der Waals surface area contributed by atoms with E-state index in [4.69, 9.17) is 17.3 Å². The number of rotatable bonds is 7. The molecule has 2 aromatic carbocycles. The Hall–Kier alpha value is -4.37. The average molecular weight is 562 g/mol. The van der Waals surface area contributed by atoms with E-state index in [2.05, 4.69) is 9.98 Å². The predicted molar refractivity (Wildman–Crippen MR) is 148 cm³/mol. The normalized spacial score (nSPS) is 20.4. The van der Waals surface area contributed by atoms with Crippen molar-refractivity contribution in [3.63, 3.8) is 0 Å². The van der Waals surface area contributed by atoms with Gasteiger partial charge in [0.15, 0.2) is 11.5 Å². The summed E-state index contributed by atoms with van der Waals surface area (Å²) in [4.78, 5) is 38.9. The molecule has 0 spiro atoms. The summed E-state index contributed by atoms with van der Waals surface area (Å²) >= 11 is 5.95. The lowest BCUT2D eigenvalue weighted by Crippen LogP contribution is -2.46. The number of carbonyl (C=O) groups is 2. The van der Waals surface area contributed by atoms with E-state index in [9.17, 15) is 18.4 Å². The Morgan fingerprint density at radius 1 is 1.12 bits per heavy atom. The quantitative estimate of drug-likeness (QED) is 0.433. The Kier molecular flexibility index (Phi) is 7.49. The third-order valence-electron chi connectivity index (χ3n) is 7.08. The Balaban J connectivity index is 1.39. The molecule has 2 atom stereocenters. The van der Waals surface area contributed by atoms with Crippen LogP contribution in [0.25, 0.3) is 0 Å². The molecule has 40 heavy (non-hydrogen) atoms. The molecule has 0 saturated heterocycles. The molecular weight excluding hydrogens is 536 g/mol. The Morgan fingerprint density at radius 3 is 2.52 bits per heavy atom. The zero-order chi connectivity index (χ0) is 28.4. The highest BCUT2D eigenvalue weighted by molar-refractivity contribution is 6.30. The van der Waals surface area contributed by atoms with Gasteiger partial charge in [-0.05, 0) is 65.6 Å². The van der Waals surface area contributed by atoms with E-state index in [1.54, 1.807) is 42.4 Å². The van der Waals surface area contributed by atoms with Crippen LogP contribution < -0.4 is 5.73 Å². The zero-order valence-electron chi connectivity index (χ0n) is 21.6. The van der Waals surface area contributed by atoms with E-state index in [-0.39, 0.29) is 24.8 Å². The molecule has 2 amide bonds. The highest BCUT2D eigenvalue weighted by Crippen LogP contribution is 2.44. The predicted octanol–water partition coefficient (Wildman–Crippen LogP) is 5.13. The number of nitrogens with zero attached hydrogens (tertiary/aromatic N) is 4. The maximum absolute atomic E-state index is 14.0. The summed E-state index contributed by atoms with van der Waals surface area (Å²) in [5.41, 5.74) is 7.08. The summed E-state index contributed by atoms with van der Waals surface area (Å²) in [6.07, 6.45) is 7.49. The van der Waals surface area contributed by atoms with Gasteiger partial charge in [0.05, 0.1) is 12.1 Å². The van der Waals surface area contributed by atoms with Crippen molar-refractivity contribution >= 4 is 29.4 Å². The van der Waals surface area contributed by atoms with Crippen molar-refractivity contribution in [2.75, 3.05) is 7.05 Å². The molecule has 2 aliphatic rings. The third kappa shape index (κ3) is 5.24. The molecule has 7 nitrogen and oxygen atoms in total. The summed E-state index contributed by atoms with van der Waals surface area (Å²) in [5.74, 6) is -2.12. The molecule has 0 saturated carbocycles. The fourth-order valence-electron chi connectivity index (χ4n) is 5.03. The minimum absolute atomic E-state index is 0.00671. The number of pyridine rings is 1. The second-order valence-electron chi connectivity index (χ2n) is 9.79. The van der Waals surface area contributed by atoms with Gasteiger partial charge in [-0.2, -0.15) is 0 Å². The second kappa shape index (κ2) is 11.0. The number of hydrogen-bond donors (Lipinski definition) is 1. The van der Waals surface area contributed by atoms with Crippen LogP contribution >= 0.6 is 11.6 Å². The molecular formula is C30H26ClF2N5O2. The molecule has 0 bridgehead atoms. The summed E-state index contributed by atoms with van der Waals surface area (Å²) < 4.78 is 27.5. The van der Waals surface area contributed by atoms with Gasteiger partial charge in [0.25, 0.3) is 11.8 Å². The minimum Gasteiger partial charge on any atom is -0.369 e. The van der Waals surface area contributed by atoms with Crippen molar-refractivity contribution in [2.24, 2.45) is 16.6 Å². The van der Waals surface area contributed by atoms with Gasteiger partial charge in [-0.25, -0.2) is 13.8 Å². The molecule has 0 radical (unpaired) electrons. The molecule has 1 aromatic heterocycles. The van der Waals surface area contributed by atoms with Gasteiger partial charge < -0.3 is 10.6 Å². The van der Waals surface area contributed by atoms with E-state index < -0.39 is 29.0 Å². The van der Waals surface area contributed by atoms with Crippen molar-refractivity contribution in [3.05, 3.63) is 124 Å². The molecule has 3 aromatic rings. The summed E-state index contributed by atoms with van der Waals surface area (Å²) in [7, 11) is 1.68. The van der Waals surface area contributed by atoms with E-state index in [0.717, 1.165) is 5.56 Å². The SMILES string of the molecule is CN(Cc1ccc(Cl)cc1)C(=O)c1cncc(CN2C(=O)C(c3ccc(F)cc3)(C3C=CC(F)=CC3)N=C2N)c1. The van der Waals surface area contributed by atoms with Gasteiger partial charge in [0.2, 0.25) is 0 Å². The third-order valence-corrected chi connectivity index (χ3v) is 7.33. The number of allylic oxidation sites excluding steroid dienone is 3. The Labute approximate surface area is 235 Å². The summed E-state index contributed by atoms with van der Waals surface area (Å²) in [5, 5.41) is 0.612. The Morgan fingerprint density at radius 2 is 1.85 bits per heavy atom. The smallest absolute Gasteiger partial charge is 0.262 e. The highest BCUT2D eigenvalue weighted by Gasteiger charge is 2.53. The standard InChI is InChI=1S/C30H26ClF2N5O2/c1-37(17-19-2-8-24(31)9-3-19)27(39)21-14-20(15-35-16-21)18-38-28(40)30(36-29(38)34,22-4-10-25(32)11-5-22)23-6-12-26(33)13-7-23/h2-6,8-16,23H,7,17-18H2,1H3,(H2,34,36). The van der Waals surface area contributed by atoms with Crippen LogP contribution in [0.1, 0.15) is 33.5 Å².